The molecule has 9 heteroatoms. The number of thiazole rings is 1. The number of aromatic nitrogens is 1. The maximum Gasteiger partial charge on any atom is 0.337 e. The molecule has 0 bridgehead atoms. The molecular weight excluding hydrogens is 442 g/mol. The predicted molar refractivity (Wildman–Crippen MR) is 125 cm³/mol. The molecule has 1 heterocycles. The maximum atomic E-state index is 12.0. The van der Waals surface area contributed by atoms with Gasteiger partial charge in [0.05, 0.1) is 37.6 Å². The summed E-state index contributed by atoms with van der Waals surface area (Å²) in [5.74, 6) is -0.430. The van der Waals surface area contributed by atoms with E-state index in [-0.39, 0.29) is 11.1 Å². The molecule has 0 aliphatic rings. The Balaban J connectivity index is 1.85. The second-order valence-corrected chi connectivity index (χ2v) is 7.45. The van der Waals surface area contributed by atoms with Gasteiger partial charge in [0.1, 0.15) is 22.4 Å². The first-order valence-electron chi connectivity index (χ1n) is 9.86. The standard InChI is InChI=1S/C24H21N3O5S/c1-4-32-20-7-5-15(6-8-20)21-14-33-22(27-21)18(12-25)13-26-19-10-16(23(28)30-2)9-17(11-19)24(29)31-3/h5-11,13-14,26H,4H2,1-3H3/b18-13-. The molecule has 168 valence electrons. The van der Waals surface area contributed by atoms with E-state index in [1.54, 1.807) is 0 Å². The molecule has 1 aromatic heterocycles. The molecule has 8 nitrogen and oxygen atoms in total. The van der Waals surface area contributed by atoms with E-state index in [9.17, 15) is 14.9 Å². The van der Waals surface area contributed by atoms with E-state index < -0.39 is 11.9 Å². The fourth-order valence-corrected chi connectivity index (χ4v) is 3.69. The van der Waals surface area contributed by atoms with Crippen molar-refractivity contribution in [3.63, 3.8) is 0 Å². The molecule has 0 spiro atoms. The average molecular weight is 464 g/mol. The zero-order valence-corrected chi connectivity index (χ0v) is 19.1. The zero-order valence-electron chi connectivity index (χ0n) is 18.2. The molecule has 0 saturated heterocycles. The Morgan fingerprint density at radius 3 is 2.27 bits per heavy atom. The van der Waals surface area contributed by atoms with Gasteiger partial charge in [-0.2, -0.15) is 5.26 Å². The molecule has 0 aliphatic heterocycles. The fourth-order valence-electron chi connectivity index (χ4n) is 2.90. The van der Waals surface area contributed by atoms with Crippen molar-refractivity contribution in [1.29, 1.82) is 5.26 Å². The van der Waals surface area contributed by atoms with Crippen molar-refractivity contribution in [2.24, 2.45) is 0 Å². The first-order valence-corrected chi connectivity index (χ1v) is 10.7. The van der Waals surface area contributed by atoms with Crippen LogP contribution in [0.15, 0.2) is 54.0 Å². The summed E-state index contributed by atoms with van der Waals surface area (Å²) in [5, 5.41) is 15.0. The quantitative estimate of drug-likeness (QED) is 0.376. The van der Waals surface area contributed by atoms with Gasteiger partial charge in [-0.3, -0.25) is 0 Å². The number of esters is 2. The van der Waals surface area contributed by atoms with Crippen LogP contribution in [0.25, 0.3) is 16.8 Å². The van der Waals surface area contributed by atoms with Gasteiger partial charge in [-0.25, -0.2) is 14.6 Å². The van der Waals surface area contributed by atoms with Crippen LogP contribution in [0.3, 0.4) is 0 Å². The SMILES string of the molecule is CCOc1ccc(-c2csc(/C(C#N)=C\Nc3cc(C(=O)OC)cc(C(=O)OC)c3)n2)cc1. The number of nitrogens with one attached hydrogen (secondary N) is 1. The van der Waals surface area contributed by atoms with Gasteiger partial charge in [-0.1, -0.05) is 0 Å². The van der Waals surface area contributed by atoms with Crippen LogP contribution in [0, 0.1) is 11.3 Å². The third-order valence-corrected chi connectivity index (χ3v) is 5.35. The van der Waals surface area contributed by atoms with Crippen molar-refractivity contribution in [1.82, 2.24) is 4.98 Å². The van der Waals surface area contributed by atoms with E-state index in [1.807, 2.05) is 36.6 Å². The molecular formula is C24H21N3O5S. The summed E-state index contributed by atoms with van der Waals surface area (Å²) < 4.78 is 14.9. The normalized spacial score (nSPS) is 10.8. The summed E-state index contributed by atoms with van der Waals surface area (Å²) in [6.45, 7) is 2.51. The molecule has 0 saturated carbocycles. The summed E-state index contributed by atoms with van der Waals surface area (Å²) in [6, 6.07) is 14.1. The number of benzene rings is 2. The van der Waals surface area contributed by atoms with Crippen LogP contribution < -0.4 is 10.1 Å². The number of hydrogen-bond donors (Lipinski definition) is 1. The Morgan fingerprint density at radius 1 is 1.09 bits per heavy atom. The largest absolute Gasteiger partial charge is 0.494 e. The van der Waals surface area contributed by atoms with Gasteiger partial charge in [0.15, 0.2) is 0 Å². The topological polar surface area (TPSA) is 111 Å². The number of carbonyl (C=O) groups excluding carboxylic acids is 2. The Labute approximate surface area is 195 Å². The molecule has 2 aromatic carbocycles. The Hall–Kier alpha value is -4.16. The van der Waals surface area contributed by atoms with Crippen LogP contribution in [-0.4, -0.2) is 37.7 Å². The lowest BCUT2D eigenvalue weighted by molar-refractivity contribution is 0.0599. The second-order valence-electron chi connectivity index (χ2n) is 6.59. The number of nitrogens with zero attached hydrogens (tertiary/aromatic N) is 2. The van der Waals surface area contributed by atoms with Crippen molar-refractivity contribution >= 4 is 34.5 Å². The second kappa shape index (κ2) is 10.9. The summed E-state index contributed by atoms with van der Waals surface area (Å²) in [4.78, 5) is 28.5. The molecule has 3 rings (SSSR count). The van der Waals surface area contributed by atoms with Crippen LogP contribution in [0.2, 0.25) is 0 Å². The minimum atomic E-state index is -0.604. The molecule has 0 aliphatic carbocycles. The van der Waals surface area contributed by atoms with E-state index in [0.717, 1.165) is 17.0 Å². The van der Waals surface area contributed by atoms with Crippen molar-refractivity contribution < 1.29 is 23.8 Å². The van der Waals surface area contributed by atoms with Gasteiger partial charge in [0, 0.05) is 22.8 Å². The molecule has 33 heavy (non-hydrogen) atoms. The number of hydrogen-bond acceptors (Lipinski definition) is 9. The highest BCUT2D eigenvalue weighted by Crippen LogP contribution is 2.27. The Bertz CT molecular complexity index is 1190. The molecule has 0 atom stereocenters. The van der Waals surface area contributed by atoms with Crippen molar-refractivity contribution in [2.45, 2.75) is 6.92 Å². The molecule has 1 N–H and O–H groups in total. The number of ether oxygens (including phenoxy) is 3. The first kappa shape index (κ1) is 23.5. The third kappa shape index (κ3) is 5.75. The predicted octanol–water partition coefficient (Wildman–Crippen LogP) is 4.76. The van der Waals surface area contributed by atoms with Gasteiger partial charge in [0.25, 0.3) is 0 Å². The lowest BCUT2D eigenvalue weighted by Crippen LogP contribution is -2.07. The van der Waals surface area contributed by atoms with Crippen LogP contribution in [0.1, 0.15) is 32.6 Å². The maximum absolute atomic E-state index is 12.0. The monoisotopic (exact) mass is 463 g/mol. The van der Waals surface area contributed by atoms with Crippen molar-refractivity contribution in [3.05, 3.63) is 70.2 Å². The molecule has 0 amide bonds. The smallest absolute Gasteiger partial charge is 0.337 e. The van der Waals surface area contributed by atoms with E-state index in [0.29, 0.717) is 22.9 Å². The van der Waals surface area contributed by atoms with Crippen LogP contribution in [0.5, 0.6) is 5.75 Å². The summed E-state index contributed by atoms with van der Waals surface area (Å²) in [5.41, 5.74) is 2.68. The number of anilines is 1. The molecule has 0 radical (unpaired) electrons. The first-order chi connectivity index (χ1) is 16.0. The number of nitriles is 1. The van der Waals surface area contributed by atoms with Crippen molar-refractivity contribution in [3.8, 4) is 23.1 Å². The van der Waals surface area contributed by atoms with Gasteiger partial charge < -0.3 is 19.5 Å². The van der Waals surface area contributed by atoms with Gasteiger partial charge in [-0.15, -0.1) is 11.3 Å². The molecule has 0 fully saturated rings. The third-order valence-electron chi connectivity index (χ3n) is 4.47. The van der Waals surface area contributed by atoms with Gasteiger partial charge >= 0.3 is 11.9 Å². The van der Waals surface area contributed by atoms with E-state index >= 15 is 0 Å². The number of allylic oxidation sites excluding steroid dienone is 1. The van der Waals surface area contributed by atoms with Crippen LogP contribution in [0.4, 0.5) is 5.69 Å². The number of carbonyl (C=O) groups is 2. The zero-order chi connectivity index (χ0) is 23.8. The molecule has 3 aromatic rings. The highest BCUT2D eigenvalue weighted by molar-refractivity contribution is 7.11. The summed E-state index contributed by atoms with van der Waals surface area (Å²) >= 11 is 1.33. The van der Waals surface area contributed by atoms with Crippen LogP contribution in [-0.2, 0) is 9.47 Å². The van der Waals surface area contributed by atoms with E-state index in [4.69, 9.17) is 14.2 Å². The number of rotatable bonds is 8. The highest BCUT2D eigenvalue weighted by Gasteiger charge is 2.14. The molecule has 0 unspecified atom stereocenters. The Morgan fingerprint density at radius 2 is 1.73 bits per heavy atom. The fraction of sp³-hybridized carbons (Fsp3) is 0.167. The van der Waals surface area contributed by atoms with Crippen LogP contribution >= 0.6 is 11.3 Å². The van der Waals surface area contributed by atoms with Crippen molar-refractivity contribution in [2.75, 3.05) is 26.1 Å². The summed E-state index contributed by atoms with van der Waals surface area (Å²) in [7, 11) is 2.50. The van der Waals surface area contributed by atoms with E-state index in [2.05, 4.69) is 16.4 Å². The van der Waals surface area contributed by atoms with E-state index in [1.165, 1.54) is 50.0 Å². The summed E-state index contributed by atoms with van der Waals surface area (Å²) in [6.07, 6.45) is 1.47. The lowest BCUT2D eigenvalue weighted by Gasteiger charge is -2.08. The van der Waals surface area contributed by atoms with Gasteiger partial charge in [-0.05, 0) is 49.4 Å². The van der Waals surface area contributed by atoms with Gasteiger partial charge in [0.2, 0.25) is 0 Å². The average Bonchev–Trinajstić information content (AvgIpc) is 3.34. The number of methoxy groups -OCH3 is 2. The highest BCUT2D eigenvalue weighted by atomic mass is 32.1. The Kier molecular flexibility index (Phi) is 7.78. The lowest BCUT2D eigenvalue weighted by atomic mass is 10.1. The minimum absolute atomic E-state index is 0.168. The minimum Gasteiger partial charge on any atom is -0.494 e.